The zero-order valence-corrected chi connectivity index (χ0v) is 12.3. The highest BCUT2D eigenvalue weighted by molar-refractivity contribution is 6.08. The maximum Gasteiger partial charge on any atom is 0.259 e. The molecule has 0 saturated heterocycles. The fraction of sp³-hybridized carbons (Fsp3) is 0.250. The molecule has 0 unspecified atom stereocenters. The Morgan fingerprint density at radius 3 is 2.81 bits per heavy atom. The van der Waals surface area contributed by atoms with Crippen molar-refractivity contribution in [1.29, 1.82) is 0 Å². The summed E-state index contributed by atoms with van der Waals surface area (Å²) in [5.74, 6) is -0.574. The minimum absolute atomic E-state index is 0.183. The van der Waals surface area contributed by atoms with Gasteiger partial charge in [0.2, 0.25) is 0 Å². The lowest BCUT2D eigenvalue weighted by atomic mass is 10.1. The Balaban J connectivity index is 2.37. The largest absolute Gasteiger partial charge is 0.372 e. The Kier molecular flexibility index (Phi) is 4.52. The van der Waals surface area contributed by atoms with Crippen LogP contribution in [0.4, 0.5) is 15.9 Å². The number of hydrogen-bond acceptors (Lipinski definition) is 3. The lowest BCUT2D eigenvalue weighted by Crippen LogP contribution is -2.17. The number of nitrogens with one attached hydrogen (secondary N) is 2. The molecular weight excluding hydrogens is 269 g/mol. The van der Waals surface area contributed by atoms with Gasteiger partial charge in [0.1, 0.15) is 11.6 Å². The van der Waals surface area contributed by atoms with Crippen molar-refractivity contribution in [2.75, 3.05) is 17.7 Å². The average molecular weight is 287 g/mol. The first kappa shape index (κ1) is 15.0. The van der Waals surface area contributed by atoms with Gasteiger partial charge in [0.25, 0.3) is 5.91 Å². The Morgan fingerprint density at radius 2 is 2.14 bits per heavy atom. The number of para-hydroxylation sites is 1. The number of aryl methyl sites for hydroxylation is 2. The van der Waals surface area contributed by atoms with Crippen molar-refractivity contribution in [3.8, 4) is 0 Å². The van der Waals surface area contributed by atoms with Gasteiger partial charge < -0.3 is 10.6 Å². The molecule has 2 aromatic rings. The molecule has 1 aromatic heterocycles. The second kappa shape index (κ2) is 6.35. The minimum Gasteiger partial charge on any atom is -0.372 e. The molecule has 0 radical (unpaired) electrons. The number of benzene rings is 1. The molecule has 1 heterocycles. The van der Waals surface area contributed by atoms with Crippen LogP contribution in [-0.2, 0) is 6.42 Å². The van der Waals surface area contributed by atoms with Crippen LogP contribution in [0.1, 0.15) is 28.4 Å². The van der Waals surface area contributed by atoms with Gasteiger partial charge in [-0.3, -0.25) is 4.79 Å². The standard InChI is InChI=1S/C16H18FN3O/c1-4-11-7-5-6-10(2)14(11)20-16(21)13-8-12(17)9-19-15(13)18-3/h5-9H,4H2,1-3H3,(H,18,19)(H,20,21). The number of aromatic nitrogens is 1. The zero-order valence-electron chi connectivity index (χ0n) is 12.3. The van der Waals surface area contributed by atoms with E-state index in [0.29, 0.717) is 5.82 Å². The van der Waals surface area contributed by atoms with Gasteiger partial charge in [0.15, 0.2) is 0 Å². The molecular formula is C16H18FN3O. The molecule has 0 fully saturated rings. The predicted molar refractivity (Wildman–Crippen MR) is 82.3 cm³/mol. The summed E-state index contributed by atoms with van der Waals surface area (Å²) in [4.78, 5) is 16.3. The molecule has 1 aromatic carbocycles. The summed E-state index contributed by atoms with van der Waals surface area (Å²) in [6, 6.07) is 7.02. The van der Waals surface area contributed by atoms with E-state index in [1.54, 1.807) is 7.05 Å². The molecule has 5 heteroatoms. The minimum atomic E-state index is -0.542. The predicted octanol–water partition coefficient (Wildman–Crippen LogP) is 3.39. The number of pyridine rings is 1. The summed E-state index contributed by atoms with van der Waals surface area (Å²) in [5.41, 5.74) is 2.97. The van der Waals surface area contributed by atoms with Crippen LogP contribution in [0.25, 0.3) is 0 Å². The van der Waals surface area contributed by atoms with Crippen LogP contribution < -0.4 is 10.6 Å². The summed E-state index contributed by atoms with van der Waals surface area (Å²) >= 11 is 0. The fourth-order valence-electron chi connectivity index (χ4n) is 2.19. The van der Waals surface area contributed by atoms with Gasteiger partial charge in [0, 0.05) is 12.7 Å². The van der Waals surface area contributed by atoms with Crippen molar-refractivity contribution in [2.45, 2.75) is 20.3 Å². The highest BCUT2D eigenvalue weighted by atomic mass is 19.1. The topological polar surface area (TPSA) is 54.0 Å². The van der Waals surface area contributed by atoms with Gasteiger partial charge in [-0.1, -0.05) is 25.1 Å². The number of rotatable bonds is 4. The van der Waals surface area contributed by atoms with Crippen LogP contribution in [0.5, 0.6) is 0 Å². The molecule has 2 rings (SSSR count). The summed E-state index contributed by atoms with van der Waals surface area (Å²) in [7, 11) is 1.64. The van der Waals surface area contributed by atoms with E-state index in [-0.39, 0.29) is 11.5 Å². The second-order valence-electron chi connectivity index (χ2n) is 4.72. The molecule has 0 atom stereocenters. The third-order valence-corrected chi connectivity index (χ3v) is 3.31. The van der Waals surface area contributed by atoms with Gasteiger partial charge in [-0.2, -0.15) is 0 Å². The molecule has 4 nitrogen and oxygen atoms in total. The number of amides is 1. The van der Waals surface area contributed by atoms with Crippen LogP contribution >= 0.6 is 0 Å². The van der Waals surface area contributed by atoms with E-state index < -0.39 is 5.82 Å². The second-order valence-corrected chi connectivity index (χ2v) is 4.72. The maximum absolute atomic E-state index is 13.3. The average Bonchev–Trinajstić information content (AvgIpc) is 2.49. The molecule has 2 N–H and O–H groups in total. The third-order valence-electron chi connectivity index (χ3n) is 3.31. The smallest absolute Gasteiger partial charge is 0.259 e. The molecule has 1 amide bonds. The Labute approximate surface area is 123 Å². The summed E-state index contributed by atoms with van der Waals surface area (Å²) in [6.07, 6.45) is 1.88. The van der Waals surface area contributed by atoms with Crippen molar-refractivity contribution in [3.63, 3.8) is 0 Å². The van der Waals surface area contributed by atoms with Crippen molar-refractivity contribution < 1.29 is 9.18 Å². The lowest BCUT2D eigenvalue weighted by Gasteiger charge is -2.14. The van der Waals surface area contributed by atoms with Crippen LogP contribution in [-0.4, -0.2) is 17.9 Å². The molecule has 0 saturated carbocycles. The Bertz CT molecular complexity index is 671. The monoisotopic (exact) mass is 287 g/mol. The van der Waals surface area contributed by atoms with Gasteiger partial charge >= 0.3 is 0 Å². The Hall–Kier alpha value is -2.43. The van der Waals surface area contributed by atoms with Crippen LogP contribution in [0.2, 0.25) is 0 Å². The van der Waals surface area contributed by atoms with E-state index in [9.17, 15) is 9.18 Å². The van der Waals surface area contributed by atoms with Gasteiger partial charge in [-0.15, -0.1) is 0 Å². The highest BCUT2D eigenvalue weighted by Gasteiger charge is 2.15. The SMILES string of the molecule is CCc1cccc(C)c1NC(=O)c1cc(F)cnc1NC. The maximum atomic E-state index is 13.3. The van der Waals surface area contributed by atoms with Crippen LogP contribution in [0, 0.1) is 12.7 Å². The van der Waals surface area contributed by atoms with Crippen molar-refractivity contribution >= 4 is 17.4 Å². The van der Waals surface area contributed by atoms with Crippen molar-refractivity contribution in [3.05, 3.63) is 53.0 Å². The van der Waals surface area contributed by atoms with Crippen molar-refractivity contribution in [1.82, 2.24) is 4.98 Å². The van der Waals surface area contributed by atoms with E-state index in [4.69, 9.17) is 0 Å². The molecule has 0 aliphatic carbocycles. The number of carbonyl (C=O) groups excluding carboxylic acids is 1. The third kappa shape index (κ3) is 3.18. The molecule has 0 aliphatic rings. The van der Waals surface area contributed by atoms with E-state index >= 15 is 0 Å². The molecule has 0 aliphatic heterocycles. The molecule has 0 spiro atoms. The molecule has 110 valence electrons. The zero-order chi connectivity index (χ0) is 15.4. The summed E-state index contributed by atoms with van der Waals surface area (Å²) < 4.78 is 13.3. The number of anilines is 2. The quantitative estimate of drug-likeness (QED) is 0.906. The number of carbonyl (C=O) groups is 1. The molecule has 0 bridgehead atoms. The van der Waals surface area contributed by atoms with E-state index in [1.807, 2.05) is 32.0 Å². The van der Waals surface area contributed by atoms with Crippen LogP contribution in [0.15, 0.2) is 30.5 Å². The first-order chi connectivity index (χ1) is 10.1. The summed E-state index contributed by atoms with van der Waals surface area (Å²) in [5, 5.41) is 5.66. The van der Waals surface area contributed by atoms with Gasteiger partial charge in [-0.05, 0) is 30.5 Å². The van der Waals surface area contributed by atoms with Crippen molar-refractivity contribution in [2.24, 2.45) is 0 Å². The van der Waals surface area contributed by atoms with E-state index in [0.717, 1.165) is 29.4 Å². The summed E-state index contributed by atoms with van der Waals surface area (Å²) in [6.45, 7) is 3.95. The Morgan fingerprint density at radius 1 is 1.38 bits per heavy atom. The lowest BCUT2D eigenvalue weighted by molar-refractivity contribution is 0.102. The first-order valence-corrected chi connectivity index (χ1v) is 6.80. The van der Waals surface area contributed by atoms with Gasteiger partial charge in [-0.25, -0.2) is 9.37 Å². The number of hydrogen-bond donors (Lipinski definition) is 2. The van der Waals surface area contributed by atoms with Gasteiger partial charge in [0.05, 0.1) is 11.8 Å². The highest BCUT2D eigenvalue weighted by Crippen LogP contribution is 2.23. The number of halogens is 1. The van der Waals surface area contributed by atoms with E-state index in [1.165, 1.54) is 6.07 Å². The molecule has 21 heavy (non-hydrogen) atoms. The fourth-order valence-corrected chi connectivity index (χ4v) is 2.19. The normalized spacial score (nSPS) is 10.3. The van der Waals surface area contributed by atoms with Crippen LogP contribution in [0.3, 0.4) is 0 Å². The first-order valence-electron chi connectivity index (χ1n) is 6.80. The van der Waals surface area contributed by atoms with E-state index in [2.05, 4.69) is 15.6 Å². The number of nitrogens with zero attached hydrogens (tertiary/aromatic N) is 1.